The van der Waals surface area contributed by atoms with E-state index in [0.717, 1.165) is 5.69 Å². The zero-order valence-electron chi connectivity index (χ0n) is 14.0. The molecular weight excluding hydrogens is 322 g/mol. The number of carbonyl (C=O) groups excluding carboxylic acids is 2. The van der Waals surface area contributed by atoms with Gasteiger partial charge in [-0.15, -0.1) is 0 Å². The molecule has 0 radical (unpaired) electrons. The molecular formula is C18H19N3O4. The predicted molar refractivity (Wildman–Crippen MR) is 91.1 cm³/mol. The highest BCUT2D eigenvalue weighted by atomic mass is 16.7. The average Bonchev–Trinajstić information content (AvgIpc) is 3.08. The standard InChI is InChI=1S/C18H19N3O4/c1-18(2,16(22)20-10-13-5-3-4-8-19-13)17(23)21-12-6-7-14-15(9-12)25-11-24-14/h3-9H,10-11H2,1-2H3,(H,20,22)(H,21,23). The summed E-state index contributed by atoms with van der Waals surface area (Å²) in [5, 5.41) is 5.48. The second kappa shape index (κ2) is 6.80. The third kappa shape index (κ3) is 3.71. The summed E-state index contributed by atoms with van der Waals surface area (Å²) < 4.78 is 10.5. The predicted octanol–water partition coefficient (Wildman–Crippen LogP) is 2.09. The van der Waals surface area contributed by atoms with E-state index in [4.69, 9.17) is 9.47 Å². The number of nitrogens with one attached hydrogen (secondary N) is 2. The largest absolute Gasteiger partial charge is 0.454 e. The van der Waals surface area contributed by atoms with Gasteiger partial charge in [0.1, 0.15) is 5.41 Å². The molecule has 0 saturated heterocycles. The highest BCUT2D eigenvalue weighted by Crippen LogP contribution is 2.34. The van der Waals surface area contributed by atoms with Gasteiger partial charge in [0.15, 0.2) is 11.5 Å². The van der Waals surface area contributed by atoms with Gasteiger partial charge in [0.2, 0.25) is 18.6 Å². The molecule has 2 aromatic rings. The number of benzene rings is 1. The fourth-order valence-corrected chi connectivity index (χ4v) is 2.26. The van der Waals surface area contributed by atoms with Gasteiger partial charge in [0.25, 0.3) is 0 Å². The van der Waals surface area contributed by atoms with Crippen LogP contribution in [0.25, 0.3) is 0 Å². The van der Waals surface area contributed by atoms with Crippen molar-refractivity contribution in [2.75, 3.05) is 12.1 Å². The summed E-state index contributed by atoms with van der Waals surface area (Å²) in [5.41, 5.74) is 0.0215. The highest BCUT2D eigenvalue weighted by Gasteiger charge is 2.36. The topological polar surface area (TPSA) is 89.6 Å². The first kappa shape index (κ1) is 16.8. The Morgan fingerprint density at radius 2 is 1.92 bits per heavy atom. The van der Waals surface area contributed by atoms with Crippen LogP contribution in [-0.2, 0) is 16.1 Å². The summed E-state index contributed by atoms with van der Waals surface area (Å²) in [4.78, 5) is 29.1. The Kier molecular flexibility index (Phi) is 4.56. The van der Waals surface area contributed by atoms with Crippen LogP contribution in [0, 0.1) is 5.41 Å². The van der Waals surface area contributed by atoms with Crippen molar-refractivity contribution in [3.8, 4) is 11.5 Å². The molecule has 1 aliphatic heterocycles. The molecule has 3 rings (SSSR count). The lowest BCUT2D eigenvalue weighted by Gasteiger charge is -2.22. The van der Waals surface area contributed by atoms with Crippen LogP contribution in [-0.4, -0.2) is 23.6 Å². The third-order valence-electron chi connectivity index (χ3n) is 3.92. The number of fused-ring (bicyclic) bond motifs is 1. The molecule has 7 nitrogen and oxygen atoms in total. The molecule has 0 atom stereocenters. The van der Waals surface area contributed by atoms with Crippen molar-refractivity contribution in [1.82, 2.24) is 10.3 Å². The van der Waals surface area contributed by atoms with Gasteiger partial charge in [-0.2, -0.15) is 0 Å². The molecule has 0 fully saturated rings. The summed E-state index contributed by atoms with van der Waals surface area (Å²) in [6, 6.07) is 10.5. The quantitative estimate of drug-likeness (QED) is 0.813. The third-order valence-corrected chi connectivity index (χ3v) is 3.92. The van der Waals surface area contributed by atoms with E-state index in [0.29, 0.717) is 17.2 Å². The van der Waals surface area contributed by atoms with Gasteiger partial charge >= 0.3 is 0 Å². The lowest BCUT2D eigenvalue weighted by atomic mass is 9.91. The van der Waals surface area contributed by atoms with Gasteiger partial charge in [0, 0.05) is 18.0 Å². The molecule has 0 spiro atoms. The first-order valence-electron chi connectivity index (χ1n) is 7.86. The lowest BCUT2D eigenvalue weighted by molar-refractivity contribution is -0.138. The van der Waals surface area contributed by atoms with Crippen molar-refractivity contribution in [2.45, 2.75) is 20.4 Å². The van der Waals surface area contributed by atoms with Gasteiger partial charge in [-0.1, -0.05) is 6.07 Å². The minimum absolute atomic E-state index is 0.161. The number of rotatable bonds is 5. The van der Waals surface area contributed by atoms with Gasteiger partial charge in [-0.25, -0.2) is 0 Å². The van der Waals surface area contributed by atoms with Crippen LogP contribution >= 0.6 is 0 Å². The Morgan fingerprint density at radius 3 is 2.68 bits per heavy atom. The first-order chi connectivity index (χ1) is 12.0. The van der Waals surface area contributed by atoms with Crippen LogP contribution in [0.2, 0.25) is 0 Å². The molecule has 0 aliphatic carbocycles. The number of pyridine rings is 1. The Balaban J connectivity index is 1.62. The van der Waals surface area contributed by atoms with E-state index in [1.807, 2.05) is 6.07 Å². The molecule has 25 heavy (non-hydrogen) atoms. The van der Waals surface area contributed by atoms with E-state index in [1.54, 1.807) is 50.4 Å². The number of anilines is 1. The fourth-order valence-electron chi connectivity index (χ4n) is 2.26. The van der Waals surface area contributed by atoms with Gasteiger partial charge in [-0.05, 0) is 38.1 Å². The van der Waals surface area contributed by atoms with Gasteiger partial charge in [-0.3, -0.25) is 14.6 Å². The van der Waals surface area contributed by atoms with Crippen LogP contribution in [0.5, 0.6) is 11.5 Å². The number of nitrogens with zero attached hydrogens (tertiary/aromatic N) is 1. The number of hydrogen-bond donors (Lipinski definition) is 2. The summed E-state index contributed by atoms with van der Waals surface area (Å²) >= 11 is 0. The second-order valence-electron chi connectivity index (χ2n) is 6.15. The number of aromatic nitrogens is 1. The minimum atomic E-state index is -1.24. The molecule has 2 amide bonds. The van der Waals surface area contributed by atoms with Crippen molar-refractivity contribution in [3.63, 3.8) is 0 Å². The van der Waals surface area contributed by atoms with E-state index in [-0.39, 0.29) is 19.2 Å². The molecule has 2 N–H and O–H groups in total. The molecule has 2 heterocycles. The monoisotopic (exact) mass is 341 g/mol. The summed E-state index contributed by atoms with van der Waals surface area (Å²) in [6.07, 6.45) is 1.65. The summed E-state index contributed by atoms with van der Waals surface area (Å²) in [7, 11) is 0. The molecule has 0 bridgehead atoms. The average molecular weight is 341 g/mol. The van der Waals surface area contributed by atoms with E-state index >= 15 is 0 Å². The van der Waals surface area contributed by atoms with Gasteiger partial charge in [0.05, 0.1) is 12.2 Å². The molecule has 0 unspecified atom stereocenters. The first-order valence-corrected chi connectivity index (χ1v) is 7.86. The Morgan fingerprint density at radius 1 is 1.12 bits per heavy atom. The highest BCUT2D eigenvalue weighted by molar-refractivity contribution is 6.09. The normalized spacial score (nSPS) is 12.6. The zero-order chi connectivity index (χ0) is 17.9. The Hall–Kier alpha value is -3.09. The summed E-state index contributed by atoms with van der Waals surface area (Å²) in [5.74, 6) is 0.404. The van der Waals surface area contributed by atoms with Crippen LogP contribution in [0.15, 0.2) is 42.6 Å². The SMILES string of the molecule is CC(C)(C(=O)NCc1ccccn1)C(=O)Nc1ccc2c(c1)OCO2. The Labute approximate surface area is 145 Å². The maximum Gasteiger partial charge on any atom is 0.239 e. The molecule has 130 valence electrons. The zero-order valence-corrected chi connectivity index (χ0v) is 14.0. The van der Waals surface area contributed by atoms with Crippen molar-refractivity contribution in [1.29, 1.82) is 0 Å². The number of carbonyl (C=O) groups is 2. The lowest BCUT2D eigenvalue weighted by Crippen LogP contribution is -2.44. The number of hydrogen-bond acceptors (Lipinski definition) is 5. The second-order valence-corrected chi connectivity index (χ2v) is 6.15. The van der Waals surface area contributed by atoms with Crippen LogP contribution in [0.4, 0.5) is 5.69 Å². The van der Waals surface area contributed by atoms with Crippen LogP contribution in [0.1, 0.15) is 19.5 Å². The molecule has 1 aliphatic rings. The van der Waals surface area contributed by atoms with Crippen molar-refractivity contribution >= 4 is 17.5 Å². The van der Waals surface area contributed by atoms with E-state index < -0.39 is 11.3 Å². The maximum absolute atomic E-state index is 12.5. The van der Waals surface area contributed by atoms with Crippen LogP contribution < -0.4 is 20.1 Å². The van der Waals surface area contributed by atoms with E-state index in [2.05, 4.69) is 15.6 Å². The summed E-state index contributed by atoms with van der Waals surface area (Å²) in [6.45, 7) is 3.57. The van der Waals surface area contributed by atoms with Gasteiger partial charge < -0.3 is 20.1 Å². The molecule has 1 aromatic heterocycles. The van der Waals surface area contributed by atoms with E-state index in [9.17, 15) is 9.59 Å². The molecule has 0 saturated carbocycles. The number of ether oxygens (including phenoxy) is 2. The molecule has 1 aromatic carbocycles. The fraction of sp³-hybridized carbons (Fsp3) is 0.278. The maximum atomic E-state index is 12.5. The smallest absolute Gasteiger partial charge is 0.239 e. The Bertz CT molecular complexity index is 790. The minimum Gasteiger partial charge on any atom is -0.454 e. The van der Waals surface area contributed by atoms with Crippen molar-refractivity contribution < 1.29 is 19.1 Å². The van der Waals surface area contributed by atoms with Crippen LogP contribution in [0.3, 0.4) is 0 Å². The molecule has 7 heteroatoms. The van der Waals surface area contributed by atoms with E-state index in [1.165, 1.54) is 0 Å². The van der Waals surface area contributed by atoms with Crippen molar-refractivity contribution in [3.05, 3.63) is 48.3 Å². The van der Waals surface area contributed by atoms with Crippen molar-refractivity contribution in [2.24, 2.45) is 5.41 Å². The number of amides is 2.